The molecule has 0 atom stereocenters. The predicted molar refractivity (Wildman–Crippen MR) is 87.4 cm³/mol. The lowest BCUT2D eigenvalue weighted by Crippen LogP contribution is -2.09. The van der Waals surface area contributed by atoms with E-state index in [0.29, 0.717) is 0 Å². The zero-order valence-electron chi connectivity index (χ0n) is 13.0. The van der Waals surface area contributed by atoms with Gasteiger partial charge >= 0.3 is 0 Å². The van der Waals surface area contributed by atoms with Crippen LogP contribution >= 0.6 is 0 Å². The van der Waals surface area contributed by atoms with Gasteiger partial charge < -0.3 is 0 Å². The lowest BCUT2D eigenvalue weighted by molar-refractivity contribution is 0.355. The van der Waals surface area contributed by atoms with E-state index in [2.05, 4.69) is 19.9 Å². The summed E-state index contributed by atoms with van der Waals surface area (Å²) in [5, 5.41) is 0. The Kier molecular flexibility index (Phi) is 7.40. The first-order chi connectivity index (χ1) is 9.89. The van der Waals surface area contributed by atoms with Gasteiger partial charge in [-0.15, -0.1) is 0 Å². The van der Waals surface area contributed by atoms with Gasteiger partial charge in [0.15, 0.2) is 0 Å². The van der Waals surface area contributed by atoms with Crippen molar-refractivity contribution in [2.24, 2.45) is 0 Å². The van der Waals surface area contributed by atoms with Crippen molar-refractivity contribution in [1.82, 2.24) is 0 Å². The van der Waals surface area contributed by atoms with Crippen LogP contribution in [0.2, 0.25) is 0 Å². The van der Waals surface area contributed by atoms with Crippen LogP contribution in [0.15, 0.2) is 53.6 Å². The maximum Gasteiger partial charge on any atom is 0.271 e. The molecule has 1 rings (SSSR count). The molecule has 0 aliphatic heterocycles. The molecule has 0 aromatic heterocycles. The normalized spacial score (nSPS) is 12.2. The molecule has 1 aromatic carbocycles. The van der Waals surface area contributed by atoms with E-state index in [-0.39, 0.29) is 12.4 Å². The van der Waals surface area contributed by atoms with Gasteiger partial charge in [-0.3, -0.25) is 4.18 Å². The Bertz CT molecular complexity index is 580. The Morgan fingerprint density at radius 3 is 2.38 bits per heavy atom. The van der Waals surface area contributed by atoms with Crippen molar-refractivity contribution in [3.05, 3.63) is 59.2 Å². The van der Waals surface area contributed by atoms with Crippen molar-refractivity contribution < 1.29 is 12.6 Å². The predicted octanol–water partition coefficient (Wildman–Crippen LogP) is 4.23. The Morgan fingerprint density at radius 1 is 1.10 bits per heavy atom. The fourth-order valence-corrected chi connectivity index (χ4v) is 2.75. The van der Waals surface area contributed by atoms with Gasteiger partial charge in [-0.1, -0.05) is 53.6 Å². The van der Waals surface area contributed by atoms with Crippen LogP contribution in [0.25, 0.3) is 0 Å². The summed E-state index contributed by atoms with van der Waals surface area (Å²) >= 11 is 0. The minimum absolute atomic E-state index is 0.0848. The van der Waals surface area contributed by atoms with E-state index in [1.165, 1.54) is 5.57 Å². The number of rotatable bonds is 8. The summed E-state index contributed by atoms with van der Waals surface area (Å²) in [6.07, 6.45) is 5.90. The third-order valence-electron chi connectivity index (χ3n) is 2.96. The topological polar surface area (TPSA) is 43.4 Å². The van der Waals surface area contributed by atoms with Gasteiger partial charge in [0.25, 0.3) is 10.1 Å². The summed E-state index contributed by atoms with van der Waals surface area (Å²) in [5.41, 5.74) is 3.17. The zero-order valence-corrected chi connectivity index (χ0v) is 13.8. The molecule has 0 heterocycles. The van der Waals surface area contributed by atoms with Crippen LogP contribution in [0, 0.1) is 0 Å². The Morgan fingerprint density at radius 2 is 1.76 bits per heavy atom. The first kappa shape index (κ1) is 17.7. The molecule has 0 unspecified atom stereocenters. The summed E-state index contributed by atoms with van der Waals surface area (Å²) in [6, 6.07) is 9.05. The minimum Gasteiger partial charge on any atom is -0.266 e. The largest absolute Gasteiger partial charge is 0.271 e. The average molecular weight is 308 g/mol. The molecule has 0 saturated carbocycles. The molecular formula is C17H24O3S. The van der Waals surface area contributed by atoms with Gasteiger partial charge in [-0.25, -0.2) is 0 Å². The highest BCUT2D eigenvalue weighted by Gasteiger charge is 2.11. The molecule has 0 bridgehead atoms. The summed E-state index contributed by atoms with van der Waals surface area (Å²) in [7, 11) is -3.52. The second-order valence-corrected chi connectivity index (χ2v) is 6.98. The molecule has 0 fully saturated rings. The van der Waals surface area contributed by atoms with Gasteiger partial charge in [0.05, 0.1) is 6.61 Å². The zero-order chi connectivity index (χ0) is 15.7. The van der Waals surface area contributed by atoms with E-state index in [4.69, 9.17) is 4.18 Å². The molecule has 0 amide bonds. The lowest BCUT2D eigenvalue weighted by atomic mass is 10.1. The molecule has 0 saturated heterocycles. The van der Waals surface area contributed by atoms with E-state index in [9.17, 15) is 8.42 Å². The van der Waals surface area contributed by atoms with Crippen LogP contribution in [0.5, 0.6) is 0 Å². The number of benzene rings is 1. The van der Waals surface area contributed by atoms with Crippen molar-refractivity contribution in [2.75, 3.05) is 6.61 Å². The SMILES string of the molecule is CC(C)=CCC/C(C)=C/COS(=O)(=O)Cc1ccccc1. The van der Waals surface area contributed by atoms with Gasteiger partial charge in [0.1, 0.15) is 5.75 Å². The molecule has 116 valence electrons. The van der Waals surface area contributed by atoms with E-state index < -0.39 is 10.1 Å². The maximum absolute atomic E-state index is 11.8. The van der Waals surface area contributed by atoms with Gasteiger partial charge in [-0.05, 0) is 39.2 Å². The highest BCUT2D eigenvalue weighted by atomic mass is 32.2. The van der Waals surface area contributed by atoms with Gasteiger partial charge in [0.2, 0.25) is 0 Å². The van der Waals surface area contributed by atoms with Gasteiger partial charge in [-0.2, -0.15) is 8.42 Å². The fourth-order valence-electron chi connectivity index (χ4n) is 1.79. The van der Waals surface area contributed by atoms with Crippen LogP contribution in [-0.2, 0) is 20.1 Å². The Labute approximate surface area is 128 Å². The first-order valence-electron chi connectivity index (χ1n) is 7.09. The molecule has 0 N–H and O–H groups in total. The van der Waals surface area contributed by atoms with Crippen molar-refractivity contribution in [3.8, 4) is 0 Å². The van der Waals surface area contributed by atoms with E-state index in [0.717, 1.165) is 24.0 Å². The monoisotopic (exact) mass is 308 g/mol. The number of hydrogen-bond donors (Lipinski definition) is 0. The number of allylic oxidation sites excluding steroid dienone is 3. The van der Waals surface area contributed by atoms with Crippen molar-refractivity contribution >= 4 is 10.1 Å². The smallest absolute Gasteiger partial charge is 0.266 e. The maximum atomic E-state index is 11.8. The third kappa shape index (κ3) is 8.48. The standard InChI is InChI=1S/C17H24O3S/c1-15(2)8-7-9-16(3)12-13-20-21(18,19)14-17-10-5-4-6-11-17/h4-6,8,10-12H,7,9,13-14H2,1-3H3/b16-12+. The fraction of sp³-hybridized carbons (Fsp3) is 0.412. The molecule has 21 heavy (non-hydrogen) atoms. The van der Waals surface area contributed by atoms with Crippen molar-refractivity contribution in [2.45, 2.75) is 39.4 Å². The molecule has 1 aromatic rings. The van der Waals surface area contributed by atoms with Crippen molar-refractivity contribution in [3.63, 3.8) is 0 Å². The van der Waals surface area contributed by atoms with Crippen LogP contribution < -0.4 is 0 Å². The molecule has 0 radical (unpaired) electrons. The average Bonchev–Trinajstić information content (AvgIpc) is 2.38. The minimum atomic E-state index is -3.52. The number of hydrogen-bond acceptors (Lipinski definition) is 3. The molecule has 3 nitrogen and oxygen atoms in total. The summed E-state index contributed by atoms with van der Waals surface area (Å²) in [6.45, 7) is 6.23. The van der Waals surface area contributed by atoms with Crippen LogP contribution in [0.1, 0.15) is 39.2 Å². The Balaban J connectivity index is 2.41. The summed E-state index contributed by atoms with van der Waals surface area (Å²) in [4.78, 5) is 0. The second kappa shape index (κ2) is 8.80. The molecule has 0 spiro atoms. The van der Waals surface area contributed by atoms with Crippen LogP contribution in [-0.4, -0.2) is 15.0 Å². The molecule has 4 heteroatoms. The summed E-state index contributed by atoms with van der Waals surface area (Å²) in [5.74, 6) is -0.0848. The van der Waals surface area contributed by atoms with Crippen LogP contribution in [0.3, 0.4) is 0 Å². The molecule has 0 aliphatic carbocycles. The van der Waals surface area contributed by atoms with Crippen molar-refractivity contribution in [1.29, 1.82) is 0 Å². The van der Waals surface area contributed by atoms with E-state index in [1.807, 2.05) is 31.2 Å². The lowest BCUT2D eigenvalue weighted by Gasteiger charge is -2.04. The molecule has 0 aliphatic rings. The van der Waals surface area contributed by atoms with Gasteiger partial charge in [0, 0.05) is 0 Å². The second-order valence-electron chi connectivity index (χ2n) is 5.34. The van der Waals surface area contributed by atoms with E-state index >= 15 is 0 Å². The highest BCUT2D eigenvalue weighted by Crippen LogP contribution is 2.09. The highest BCUT2D eigenvalue weighted by molar-refractivity contribution is 7.85. The Hall–Kier alpha value is -1.39. The molecular weight excluding hydrogens is 284 g/mol. The quantitative estimate of drug-likeness (QED) is 0.533. The van der Waals surface area contributed by atoms with Crippen LogP contribution in [0.4, 0.5) is 0 Å². The first-order valence-corrected chi connectivity index (χ1v) is 8.67. The van der Waals surface area contributed by atoms with E-state index in [1.54, 1.807) is 12.1 Å². The summed E-state index contributed by atoms with van der Waals surface area (Å²) < 4.78 is 28.7. The third-order valence-corrected chi connectivity index (χ3v) is 4.14.